The van der Waals surface area contributed by atoms with Crippen molar-refractivity contribution >= 4 is 35.5 Å². The first kappa shape index (κ1) is 11.3. The lowest BCUT2D eigenvalue weighted by molar-refractivity contribution is 0.112. The highest BCUT2D eigenvalue weighted by atomic mass is 35.5. The number of hydrogen-bond donors (Lipinski definition) is 0. The number of aromatic nitrogens is 2. The molecule has 0 aromatic carbocycles. The molecule has 0 unspecified atom stereocenters. The second-order valence-electron chi connectivity index (χ2n) is 2.75. The summed E-state index contributed by atoms with van der Waals surface area (Å²) in [6, 6.07) is 0. The molecule has 0 spiro atoms. The van der Waals surface area contributed by atoms with E-state index in [2.05, 4.69) is 9.97 Å². The molecule has 76 valence electrons. The van der Waals surface area contributed by atoms with Gasteiger partial charge in [0.25, 0.3) is 0 Å². The maximum absolute atomic E-state index is 10.8. The monoisotopic (exact) mass is 231 g/mol. The van der Waals surface area contributed by atoms with Crippen LogP contribution in [0.4, 0.5) is 5.82 Å². The number of carbonyl (C=O) groups is 1. The number of thioether (sulfide) groups is 1. The van der Waals surface area contributed by atoms with E-state index in [9.17, 15) is 4.79 Å². The molecule has 0 radical (unpaired) electrons. The summed E-state index contributed by atoms with van der Waals surface area (Å²) in [6.07, 6.45) is 2.52. The molecule has 1 rings (SSSR count). The highest BCUT2D eigenvalue weighted by molar-refractivity contribution is 7.98. The molecule has 0 aliphatic heterocycles. The summed E-state index contributed by atoms with van der Waals surface area (Å²) in [6.45, 7) is 0. The Labute approximate surface area is 91.7 Å². The first-order valence-corrected chi connectivity index (χ1v) is 5.44. The summed E-state index contributed by atoms with van der Waals surface area (Å²) in [7, 11) is 3.60. The van der Waals surface area contributed by atoms with E-state index >= 15 is 0 Å². The maximum Gasteiger partial charge on any atom is 0.190 e. The smallest absolute Gasteiger partial charge is 0.190 e. The summed E-state index contributed by atoms with van der Waals surface area (Å²) >= 11 is 7.22. The lowest BCUT2D eigenvalue weighted by atomic mass is 10.3. The van der Waals surface area contributed by atoms with Crippen molar-refractivity contribution in [2.45, 2.75) is 5.16 Å². The van der Waals surface area contributed by atoms with Gasteiger partial charge in [-0.25, -0.2) is 9.97 Å². The average molecular weight is 232 g/mol. The van der Waals surface area contributed by atoms with Gasteiger partial charge in [0, 0.05) is 14.1 Å². The zero-order valence-corrected chi connectivity index (χ0v) is 9.69. The zero-order valence-electron chi connectivity index (χ0n) is 8.11. The van der Waals surface area contributed by atoms with Crippen LogP contribution in [0.5, 0.6) is 0 Å². The molecule has 1 aromatic rings. The van der Waals surface area contributed by atoms with E-state index < -0.39 is 0 Å². The second-order valence-corrected chi connectivity index (χ2v) is 3.88. The molecule has 1 aromatic heterocycles. The number of carbonyl (C=O) groups excluding carboxylic acids is 1. The van der Waals surface area contributed by atoms with Gasteiger partial charge in [-0.15, -0.1) is 0 Å². The summed E-state index contributed by atoms with van der Waals surface area (Å²) < 4.78 is 0. The minimum Gasteiger partial charge on any atom is -0.362 e. The standard InChI is InChI=1S/C8H10ClN3OS/c1-12(2)7-5(4-13)6(9)10-8(11-7)14-3/h4H,1-3H3. The Bertz CT molecular complexity index is 357. The molecule has 0 saturated carbocycles. The van der Waals surface area contributed by atoms with Crippen LogP contribution in [0.3, 0.4) is 0 Å². The summed E-state index contributed by atoms with van der Waals surface area (Å²) in [5.74, 6) is 0.546. The minimum atomic E-state index is 0.197. The number of aldehydes is 1. The fraction of sp³-hybridized carbons (Fsp3) is 0.375. The van der Waals surface area contributed by atoms with Gasteiger partial charge in [0.15, 0.2) is 11.4 Å². The van der Waals surface area contributed by atoms with Gasteiger partial charge in [-0.1, -0.05) is 23.4 Å². The van der Waals surface area contributed by atoms with Crippen molar-refractivity contribution in [1.29, 1.82) is 0 Å². The number of hydrogen-bond acceptors (Lipinski definition) is 5. The van der Waals surface area contributed by atoms with Crippen LogP contribution in [0.25, 0.3) is 0 Å². The molecule has 0 fully saturated rings. The number of nitrogens with zero attached hydrogens (tertiary/aromatic N) is 3. The lowest BCUT2D eigenvalue weighted by Crippen LogP contribution is -2.14. The van der Waals surface area contributed by atoms with E-state index in [1.165, 1.54) is 11.8 Å². The Kier molecular flexibility index (Phi) is 3.71. The largest absolute Gasteiger partial charge is 0.362 e. The molecule has 0 atom stereocenters. The predicted molar refractivity (Wildman–Crippen MR) is 58.5 cm³/mol. The molecule has 0 aliphatic rings. The zero-order chi connectivity index (χ0) is 10.7. The molecular weight excluding hydrogens is 222 g/mol. The summed E-state index contributed by atoms with van der Waals surface area (Å²) in [5, 5.41) is 0.757. The Morgan fingerprint density at radius 3 is 2.50 bits per heavy atom. The van der Waals surface area contributed by atoms with Gasteiger partial charge in [-0.2, -0.15) is 0 Å². The molecule has 0 amide bonds. The predicted octanol–water partition coefficient (Wildman–Crippen LogP) is 1.73. The fourth-order valence-electron chi connectivity index (χ4n) is 0.946. The average Bonchev–Trinajstić information content (AvgIpc) is 2.16. The molecule has 4 nitrogen and oxygen atoms in total. The van der Waals surface area contributed by atoms with E-state index in [0.29, 0.717) is 22.8 Å². The fourth-order valence-corrected chi connectivity index (χ4v) is 1.57. The third kappa shape index (κ3) is 2.16. The molecular formula is C8H10ClN3OS. The SMILES string of the molecule is CSc1nc(Cl)c(C=O)c(N(C)C)n1. The molecule has 6 heteroatoms. The number of halogens is 1. The Morgan fingerprint density at radius 1 is 1.43 bits per heavy atom. The second kappa shape index (κ2) is 4.61. The highest BCUT2D eigenvalue weighted by Gasteiger charge is 2.13. The normalized spacial score (nSPS) is 10.0. The van der Waals surface area contributed by atoms with Crippen LogP contribution in [-0.2, 0) is 0 Å². The van der Waals surface area contributed by atoms with Crippen molar-refractivity contribution in [3.05, 3.63) is 10.7 Å². The van der Waals surface area contributed by atoms with Gasteiger partial charge in [0.2, 0.25) is 0 Å². The molecule has 14 heavy (non-hydrogen) atoms. The molecule has 1 heterocycles. The van der Waals surface area contributed by atoms with Gasteiger partial charge >= 0.3 is 0 Å². The van der Waals surface area contributed by atoms with Crippen molar-refractivity contribution in [3.8, 4) is 0 Å². The van der Waals surface area contributed by atoms with E-state index in [0.717, 1.165) is 0 Å². The van der Waals surface area contributed by atoms with Gasteiger partial charge in [-0.3, -0.25) is 4.79 Å². The van der Waals surface area contributed by atoms with Gasteiger partial charge < -0.3 is 4.90 Å². The van der Waals surface area contributed by atoms with Crippen molar-refractivity contribution < 1.29 is 4.79 Å². The van der Waals surface area contributed by atoms with Crippen LogP contribution in [0.2, 0.25) is 5.15 Å². The molecule has 0 aliphatic carbocycles. The van der Waals surface area contributed by atoms with Crippen LogP contribution < -0.4 is 4.90 Å². The third-order valence-electron chi connectivity index (χ3n) is 1.58. The quantitative estimate of drug-likeness (QED) is 0.343. The first-order valence-electron chi connectivity index (χ1n) is 3.84. The van der Waals surface area contributed by atoms with Crippen molar-refractivity contribution in [2.75, 3.05) is 25.3 Å². The number of anilines is 1. The van der Waals surface area contributed by atoms with Crippen LogP contribution in [0.15, 0.2) is 5.16 Å². The minimum absolute atomic E-state index is 0.197. The Morgan fingerprint density at radius 2 is 2.07 bits per heavy atom. The van der Waals surface area contributed by atoms with Crippen LogP contribution in [0, 0.1) is 0 Å². The lowest BCUT2D eigenvalue weighted by Gasteiger charge is -2.14. The maximum atomic E-state index is 10.8. The third-order valence-corrected chi connectivity index (χ3v) is 2.42. The molecule has 0 saturated heterocycles. The highest BCUT2D eigenvalue weighted by Crippen LogP contribution is 2.24. The van der Waals surface area contributed by atoms with Gasteiger partial charge in [0.1, 0.15) is 11.0 Å². The first-order chi connectivity index (χ1) is 6.60. The van der Waals surface area contributed by atoms with E-state index in [-0.39, 0.29) is 5.15 Å². The van der Waals surface area contributed by atoms with Crippen molar-refractivity contribution in [1.82, 2.24) is 9.97 Å². The van der Waals surface area contributed by atoms with Gasteiger partial charge in [0.05, 0.1) is 5.56 Å². The number of rotatable bonds is 3. The van der Waals surface area contributed by atoms with E-state index in [1.54, 1.807) is 19.0 Å². The van der Waals surface area contributed by atoms with E-state index in [1.807, 2.05) is 6.26 Å². The summed E-state index contributed by atoms with van der Waals surface area (Å²) in [5.41, 5.74) is 0.328. The Balaban J connectivity index is 3.35. The van der Waals surface area contributed by atoms with E-state index in [4.69, 9.17) is 11.6 Å². The summed E-state index contributed by atoms with van der Waals surface area (Å²) in [4.78, 5) is 20.6. The topological polar surface area (TPSA) is 46.1 Å². The van der Waals surface area contributed by atoms with Gasteiger partial charge in [-0.05, 0) is 6.26 Å². The Hall–Kier alpha value is -0.810. The molecule has 0 N–H and O–H groups in total. The van der Waals surface area contributed by atoms with Crippen LogP contribution >= 0.6 is 23.4 Å². The van der Waals surface area contributed by atoms with Crippen molar-refractivity contribution in [2.24, 2.45) is 0 Å². The van der Waals surface area contributed by atoms with Crippen LogP contribution in [-0.4, -0.2) is 36.6 Å². The van der Waals surface area contributed by atoms with Crippen molar-refractivity contribution in [3.63, 3.8) is 0 Å². The van der Waals surface area contributed by atoms with Crippen LogP contribution in [0.1, 0.15) is 10.4 Å². The molecule has 0 bridgehead atoms.